The number of aliphatic hydroxyl groups excluding tert-OH is 6. The first-order valence-electron chi connectivity index (χ1n) is 13.7. The van der Waals surface area contributed by atoms with Crippen LogP contribution in [0.1, 0.15) is 34.9 Å². The molecule has 2 aliphatic heterocycles. The molecule has 2 fully saturated rings. The van der Waals surface area contributed by atoms with Gasteiger partial charge in [0.05, 0.1) is 25.9 Å². The summed E-state index contributed by atoms with van der Waals surface area (Å²) in [5.74, 6) is -2.98. The van der Waals surface area contributed by atoms with Crippen molar-refractivity contribution < 1.29 is 49.7 Å². The molecular weight excluding hydrogens is 620 g/mol. The fourth-order valence-electron chi connectivity index (χ4n) is 5.61. The quantitative estimate of drug-likeness (QED) is 0.0927. The summed E-state index contributed by atoms with van der Waals surface area (Å²) in [7, 11) is 0. The van der Waals surface area contributed by atoms with Crippen LogP contribution in [-0.2, 0) is 9.47 Å². The molecule has 46 heavy (non-hydrogen) atoms. The summed E-state index contributed by atoms with van der Waals surface area (Å²) in [5.41, 5.74) is 8.76. The third-order valence-corrected chi connectivity index (χ3v) is 7.89. The molecule has 2 saturated heterocycles. The number of nitrogens with zero attached hydrogens (tertiary/aromatic N) is 8. The van der Waals surface area contributed by atoms with Gasteiger partial charge in [-0.3, -0.25) is 28.3 Å². The molecule has 6 heterocycles. The van der Waals surface area contributed by atoms with E-state index in [4.69, 9.17) is 20.9 Å². The number of nitrogen functional groups attached to an aromatic ring is 2. The minimum Gasteiger partial charge on any atom is -0.394 e. The number of carbonyl (C=O) groups excluding carboxylic acids is 2. The van der Waals surface area contributed by atoms with E-state index in [-0.39, 0.29) is 22.3 Å². The van der Waals surface area contributed by atoms with Gasteiger partial charge in [-0.1, -0.05) is 0 Å². The van der Waals surface area contributed by atoms with E-state index in [1.807, 2.05) is 0 Å². The summed E-state index contributed by atoms with van der Waals surface area (Å²) >= 11 is 0. The molecule has 22 nitrogen and oxygen atoms in total. The highest BCUT2D eigenvalue weighted by Gasteiger charge is 2.45. The first-order valence-corrected chi connectivity index (χ1v) is 13.7. The Labute approximate surface area is 254 Å². The van der Waals surface area contributed by atoms with Crippen LogP contribution in [0.5, 0.6) is 0 Å². The van der Waals surface area contributed by atoms with Crippen LogP contribution in [0.3, 0.4) is 0 Å². The van der Waals surface area contributed by atoms with E-state index >= 15 is 0 Å². The minimum atomic E-state index is -1.61. The van der Waals surface area contributed by atoms with Crippen molar-refractivity contribution in [1.82, 2.24) is 38.2 Å². The highest BCUT2D eigenvalue weighted by molar-refractivity contribution is 5.95. The Morgan fingerprint density at radius 3 is 1.39 bits per heavy atom. The highest BCUT2D eigenvalue weighted by Crippen LogP contribution is 2.33. The number of hydrogen-bond donors (Lipinski definition) is 8. The molecule has 8 atom stereocenters. The van der Waals surface area contributed by atoms with Crippen LogP contribution in [0.15, 0.2) is 22.2 Å². The molecule has 0 spiro atoms. The number of anilines is 2. The van der Waals surface area contributed by atoms with Crippen LogP contribution in [-0.4, -0.2) is 130 Å². The minimum absolute atomic E-state index is 0.279. The number of hydrogen-bond acceptors (Lipinski definition) is 18. The summed E-state index contributed by atoms with van der Waals surface area (Å²) in [5, 5.41) is 60.4. The van der Waals surface area contributed by atoms with Crippen LogP contribution in [0.25, 0.3) is 22.3 Å². The van der Waals surface area contributed by atoms with Crippen molar-refractivity contribution in [2.45, 2.75) is 61.9 Å². The molecule has 0 amide bonds. The van der Waals surface area contributed by atoms with Gasteiger partial charge < -0.3 is 51.6 Å². The van der Waals surface area contributed by atoms with Gasteiger partial charge in [-0.25, -0.2) is 19.1 Å². The molecular formula is C24H28N10O12. The standard InChI is InChI=1S/C24H28N10O12/c25-23-29-17(43)11-19(31(5-27-11)21-15(41)13(39)7(3-35)45-21)33(23)9(37)1-2-10(38)34-20-12(18(44)30-24(34)26)28-6-32(20)22-16(42)14(40)8(4-36)46-22/h5-8,13-16,21-22,35-36,39-42H,1-4H2,(H2,25,29,43)(H2,26,30,44). The Hall–Kier alpha value is -4.68. The van der Waals surface area contributed by atoms with E-state index in [0.717, 1.165) is 30.9 Å². The smallest absolute Gasteiger partial charge is 0.302 e. The monoisotopic (exact) mass is 648 g/mol. The second-order valence-electron chi connectivity index (χ2n) is 10.6. The van der Waals surface area contributed by atoms with Crippen LogP contribution < -0.4 is 22.6 Å². The number of rotatable bonds is 7. The van der Waals surface area contributed by atoms with E-state index in [1.54, 1.807) is 0 Å². The Morgan fingerprint density at radius 2 is 1.07 bits per heavy atom. The molecule has 0 aliphatic carbocycles. The molecule has 10 N–H and O–H groups in total. The summed E-state index contributed by atoms with van der Waals surface area (Å²) < 4.78 is 14.7. The number of nitrogens with two attached hydrogens (primary N) is 2. The second-order valence-corrected chi connectivity index (χ2v) is 10.6. The molecule has 8 unspecified atom stereocenters. The molecule has 0 saturated carbocycles. The lowest BCUT2D eigenvalue weighted by atomic mass is 10.1. The van der Waals surface area contributed by atoms with Crippen LogP contribution in [0, 0.1) is 0 Å². The van der Waals surface area contributed by atoms with Gasteiger partial charge in [0.25, 0.3) is 0 Å². The second kappa shape index (κ2) is 11.6. The maximum absolute atomic E-state index is 13.6. The topological polar surface area (TPSA) is 331 Å². The number of aliphatic hydroxyl groups is 6. The van der Waals surface area contributed by atoms with Gasteiger partial charge in [0.2, 0.25) is 23.7 Å². The summed E-state index contributed by atoms with van der Waals surface area (Å²) in [6, 6.07) is 0. The third kappa shape index (κ3) is 4.74. The summed E-state index contributed by atoms with van der Waals surface area (Å²) in [4.78, 5) is 67.3. The van der Waals surface area contributed by atoms with Crippen LogP contribution in [0.4, 0.5) is 11.9 Å². The van der Waals surface area contributed by atoms with Gasteiger partial charge >= 0.3 is 11.1 Å². The number of imidazole rings is 2. The average molecular weight is 649 g/mol. The first-order chi connectivity index (χ1) is 21.9. The third-order valence-electron chi connectivity index (χ3n) is 7.89. The van der Waals surface area contributed by atoms with E-state index in [2.05, 4.69) is 19.9 Å². The fraction of sp³-hybridized carbons (Fsp3) is 0.500. The molecule has 246 valence electrons. The van der Waals surface area contributed by atoms with Gasteiger partial charge in [0.15, 0.2) is 34.8 Å². The molecule has 4 aromatic heterocycles. The Balaban J connectivity index is 1.35. The molecule has 0 radical (unpaired) electrons. The zero-order valence-electron chi connectivity index (χ0n) is 23.5. The van der Waals surface area contributed by atoms with Crippen molar-refractivity contribution in [3.8, 4) is 0 Å². The average Bonchev–Trinajstić information content (AvgIpc) is 3.78. The van der Waals surface area contributed by atoms with Crippen LogP contribution in [0.2, 0.25) is 0 Å². The molecule has 0 bridgehead atoms. The lowest BCUT2D eigenvalue weighted by molar-refractivity contribution is -0.0512. The highest BCUT2D eigenvalue weighted by atomic mass is 16.6. The van der Waals surface area contributed by atoms with Crippen molar-refractivity contribution in [2.75, 3.05) is 24.7 Å². The molecule has 22 heteroatoms. The van der Waals surface area contributed by atoms with Crippen molar-refractivity contribution >= 4 is 46.0 Å². The normalized spacial score (nSPS) is 28.0. The Morgan fingerprint density at radius 1 is 0.696 bits per heavy atom. The van der Waals surface area contributed by atoms with Crippen molar-refractivity contribution in [3.63, 3.8) is 0 Å². The molecule has 2 aliphatic rings. The predicted molar refractivity (Wildman–Crippen MR) is 149 cm³/mol. The first kappa shape index (κ1) is 31.3. The van der Waals surface area contributed by atoms with Gasteiger partial charge in [-0.2, -0.15) is 9.97 Å². The van der Waals surface area contributed by atoms with E-state index < -0.39 is 110 Å². The fourth-order valence-corrected chi connectivity index (χ4v) is 5.61. The largest absolute Gasteiger partial charge is 0.394 e. The predicted octanol–water partition coefficient (Wildman–Crippen LogP) is -5.35. The number of aromatic nitrogens is 8. The van der Waals surface area contributed by atoms with E-state index in [1.165, 1.54) is 0 Å². The van der Waals surface area contributed by atoms with Crippen molar-refractivity contribution in [2.24, 2.45) is 0 Å². The van der Waals surface area contributed by atoms with Gasteiger partial charge in [0, 0.05) is 12.8 Å². The zero-order chi connectivity index (χ0) is 33.2. The van der Waals surface area contributed by atoms with Crippen molar-refractivity contribution in [1.29, 1.82) is 0 Å². The number of ether oxygens (including phenoxy) is 2. The maximum Gasteiger partial charge on any atom is 0.302 e. The Kier molecular flexibility index (Phi) is 7.89. The molecule has 0 aromatic carbocycles. The van der Waals surface area contributed by atoms with Gasteiger partial charge in [-0.15, -0.1) is 0 Å². The van der Waals surface area contributed by atoms with E-state index in [0.29, 0.717) is 0 Å². The van der Waals surface area contributed by atoms with Gasteiger partial charge in [-0.05, 0) is 0 Å². The van der Waals surface area contributed by atoms with Crippen LogP contribution >= 0.6 is 0 Å². The van der Waals surface area contributed by atoms with E-state index in [9.17, 15) is 49.8 Å². The summed E-state index contributed by atoms with van der Waals surface area (Å²) in [6.45, 7) is -1.30. The van der Waals surface area contributed by atoms with Crippen molar-refractivity contribution in [3.05, 3.63) is 33.4 Å². The number of carbonyl (C=O) groups is 2. The molecule has 4 aromatic rings. The molecule has 6 rings (SSSR count). The number of fused-ring (bicyclic) bond motifs is 2. The summed E-state index contributed by atoms with van der Waals surface area (Å²) in [6.07, 6.45) is -10.6. The van der Waals surface area contributed by atoms with Gasteiger partial charge in [0.1, 0.15) is 36.6 Å². The Bertz CT molecular complexity index is 1830. The lowest BCUT2D eigenvalue weighted by Gasteiger charge is -2.20. The zero-order valence-corrected chi connectivity index (χ0v) is 23.5. The lowest BCUT2D eigenvalue weighted by Crippen LogP contribution is -2.33. The maximum atomic E-state index is 13.6. The SMILES string of the molecule is Nc1nc(=O)c2ncn(C3OC(CO)C(O)C3O)c2n1C(=O)CCC(=O)n1c(N)nc(=O)c2ncn(C3OC(CO)C(O)C3O)c21.